The number of benzene rings is 1. The van der Waals surface area contributed by atoms with Gasteiger partial charge < -0.3 is 9.78 Å². The van der Waals surface area contributed by atoms with Crippen molar-refractivity contribution in [2.24, 2.45) is 4.99 Å². The summed E-state index contributed by atoms with van der Waals surface area (Å²) in [6, 6.07) is 7.66. The fourth-order valence-corrected chi connectivity index (χ4v) is 1.68. The second kappa shape index (κ2) is 4.09. The number of carbonyl (C=O) groups is 1. The van der Waals surface area contributed by atoms with Gasteiger partial charge in [0.2, 0.25) is 0 Å². The van der Waals surface area contributed by atoms with Crippen LogP contribution in [0.4, 0.5) is 0 Å². The predicted octanol–water partition coefficient (Wildman–Crippen LogP) is 1.98. The van der Waals surface area contributed by atoms with Crippen LogP contribution in [0.25, 0.3) is 10.9 Å². The van der Waals surface area contributed by atoms with Crippen molar-refractivity contribution < 1.29 is 4.79 Å². The van der Waals surface area contributed by atoms with Crippen molar-refractivity contribution in [1.29, 1.82) is 0 Å². The van der Waals surface area contributed by atoms with E-state index in [-0.39, 0.29) is 6.04 Å². The molecule has 0 amide bonds. The molecule has 0 bridgehead atoms. The number of hydrogen-bond donors (Lipinski definition) is 1. The van der Waals surface area contributed by atoms with Crippen molar-refractivity contribution in [3.8, 4) is 0 Å². The number of aldehydes is 1. The second-order valence-electron chi connectivity index (χ2n) is 3.45. The van der Waals surface area contributed by atoms with Gasteiger partial charge >= 0.3 is 0 Å². The first kappa shape index (κ1) is 9.65. The molecule has 1 aromatic carbocycles. The molecule has 1 N–H and O–H groups in total. The number of aliphatic imine (C=N–C) groups is 1. The summed E-state index contributed by atoms with van der Waals surface area (Å²) >= 11 is 0. The number of H-pyrrole nitrogens is 1. The Labute approximate surface area is 87.8 Å². The molecule has 3 nitrogen and oxygen atoms in total. The summed E-state index contributed by atoms with van der Waals surface area (Å²) in [6.07, 6.45) is 3.36. The van der Waals surface area contributed by atoms with Gasteiger partial charge in [0.05, 0.1) is 0 Å². The molecular formula is C12H12N2O. The number of rotatable bonds is 4. The first-order chi connectivity index (χ1) is 7.35. The lowest BCUT2D eigenvalue weighted by atomic mass is 10.1. The van der Waals surface area contributed by atoms with Crippen molar-refractivity contribution in [3.63, 3.8) is 0 Å². The van der Waals surface area contributed by atoms with E-state index in [1.165, 1.54) is 0 Å². The van der Waals surface area contributed by atoms with Crippen LogP contribution >= 0.6 is 0 Å². The first-order valence-electron chi connectivity index (χ1n) is 4.81. The molecule has 1 heterocycles. The van der Waals surface area contributed by atoms with E-state index in [1.54, 1.807) is 0 Å². The molecule has 0 saturated heterocycles. The van der Waals surface area contributed by atoms with E-state index in [2.05, 4.69) is 16.7 Å². The Morgan fingerprint density at radius 1 is 1.47 bits per heavy atom. The van der Waals surface area contributed by atoms with Crippen LogP contribution in [0, 0.1) is 0 Å². The van der Waals surface area contributed by atoms with Crippen LogP contribution in [-0.2, 0) is 11.2 Å². The monoisotopic (exact) mass is 200 g/mol. The molecule has 0 aliphatic heterocycles. The summed E-state index contributed by atoms with van der Waals surface area (Å²) in [5, 5.41) is 1.15. The molecular weight excluding hydrogens is 188 g/mol. The molecule has 1 aromatic heterocycles. The van der Waals surface area contributed by atoms with Crippen molar-refractivity contribution in [2.75, 3.05) is 0 Å². The highest BCUT2D eigenvalue weighted by Crippen LogP contribution is 2.19. The average molecular weight is 200 g/mol. The Kier molecular flexibility index (Phi) is 2.63. The minimum atomic E-state index is -0.343. The number of aromatic nitrogens is 1. The van der Waals surface area contributed by atoms with Crippen molar-refractivity contribution in [2.45, 2.75) is 12.5 Å². The fraction of sp³-hybridized carbons (Fsp3) is 0.167. The number of nitrogens with zero attached hydrogens (tertiary/aromatic N) is 1. The van der Waals surface area contributed by atoms with Crippen molar-refractivity contribution >= 4 is 23.9 Å². The second-order valence-corrected chi connectivity index (χ2v) is 3.45. The quantitative estimate of drug-likeness (QED) is 0.595. The molecule has 0 unspecified atom stereocenters. The summed E-state index contributed by atoms with van der Waals surface area (Å²) in [4.78, 5) is 17.6. The lowest BCUT2D eigenvalue weighted by molar-refractivity contribution is -0.108. The van der Waals surface area contributed by atoms with Gasteiger partial charge in [-0.1, -0.05) is 18.2 Å². The summed E-state index contributed by atoms with van der Waals surface area (Å²) < 4.78 is 0. The summed E-state index contributed by atoms with van der Waals surface area (Å²) in [7, 11) is 0. The maximum Gasteiger partial charge on any atom is 0.144 e. The number of hydrogen-bond acceptors (Lipinski definition) is 2. The van der Waals surface area contributed by atoms with Crippen LogP contribution < -0.4 is 0 Å². The van der Waals surface area contributed by atoms with E-state index >= 15 is 0 Å². The third-order valence-corrected chi connectivity index (χ3v) is 2.50. The third-order valence-electron chi connectivity index (χ3n) is 2.50. The molecule has 15 heavy (non-hydrogen) atoms. The molecule has 2 aromatic rings. The van der Waals surface area contributed by atoms with Gasteiger partial charge in [-0.05, 0) is 18.3 Å². The van der Waals surface area contributed by atoms with Crippen molar-refractivity contribution in [3.05, 3.63) is 36.0 Å². The van der Waals surface area contributed by atoms with Gasteiger partial charge in [0.25, 0.3) is 0 Å². The topological polar surface area (TPSA) is 45.2 Å². The minimum absolute atomic E-state index is 0.343. The maximum atomic E-state index is 10.7. The zero-order valence-electron chi connectivity index (χ0n) is 8.31. The fourth-order valence-electron chi connectivity index (χ4n) is 1.68. The molecule has 3 heteroatoms. The zero-order valence-corrected chi connectivity index (χ0v) is 8.31. The van der Waals surface area contributed by atoms with Crippen LogP contribution in [0.3, 0.4) is 0 Å². The molecule has 0 saturated carbocycles. The maximum absolute atomic E-state index is 10.7. The summed E-state index contributed by atoms with van der Waals surface area (Å²) in [5.41, 5.74) is 2.19. The summed E-state index contributed by atoms with van der Waals surface area (Å²) in [6.45, 7) is 3.40. The molecule has 0 aliphatic rings. The number of aromatic amines is 1. The number of carbonyl (C=O) groups excluding carboxylic acids is 1. The lowest BCUT2D eigenvalue weighted by Crippen LogP contribution is -2.08. The van der Waals surface area contributed by atoms with Gasteiger partial charge in [0.1, 0.15) is 12.3 Å². The van der Waals surface area contributed by atoms with Gasteiger partial charge in [-0.3, -0.25) is 4.99 Å². The smallest absolute Gasteiger partial charge is 0.144 e. The standard InChI is InChI=1S/C12H12N2O/c1-13-10(8-15)6-9-7-14-12-5-3-2-4-11(9)12/h2-5,7-8,10,14H,1,6H2/t10-/m0/s1. The van der Waals surface area contributed by atoms with E-state index in [1.807, 2.05) is 30.5 Å². The highest BCUT2D eigenvalue weighted by atomic mass is 16.1. The molecule has 0 radical (unpaired) electrons. The van der Waals surface area contributed by atoms with E-state index in [4.69, 9.17) is 0 Å². The molecule has 0 fully saturated rings. The van der Waals surface area contributed by atoms with Crippen LogP contribution in [0.15, 0.2) is 35.5 Å². The molecule has 0 aliphatic carbocycles. The van der Waals surface area contributed by atoms with Crippen LogP contribution in [0.1, 0.15) is 5.56 Å². The Morgan fingerprint density at radius 2 is 2.27 bits per heavy atom. The van der Waals surface area contributed by atoms with Crippen molar-refractivity contribution in [1.82, 2.24) is 4.98 Å². The lowest BCUT2D eigenvalue weighted by Gasteiger charge is -2.02. The van der Waals surface area contributed by atoms with Gasteiger partial charge in [-0.2, -0.15) is 0 Å². The van der Waals surface area contributed by atoms with E-state index < -0.39 is 0 Å². The van der Waals surface area contributed by atoms with E-state index in [0.717, 1.165) is 22.8 Å². The minimum Gasteiger partial charge on any atom is -0.361 e. The Hall–Kier alpha value is -1.90. The molecule has 2 rings (SSSR count). The predicted molar refractivity (Wildman–Crippen MR) is 61.4 cm³/mol. The van der Waals surface area contributed by atoms with Gasteiger partial charge in [-0.25, -0.2) is 0 Å². The first-order valence-corrected chi connectivity index (χ1v) is 4.81. The van der Waals surface area contributed by atoms with Gasteiger partial charge in [0.15, 0.2) is 0 Å². The largest absolute Gasteiger partial charge is 0.361 e. The molecule has 0 spiro atoms. The zero-order chi connectivity index (χ0) is 10.7. The van der Waals surface area contributed by atoms with Crippen LogP contribution in [-0.4, -0.2) is 24.0 Å². The van der Waals surface area contributed by atoms with Crippen LogP contribution in [0.5, 0.6) is 0 Å². The number of para-hydroxylation sites is 1. The third kappa shape index (κ3) is 1.81. The molecule has 1 atom stereocenters. The normalized spacial score (nSPS) is 12.5. The van der Waals surface area contributed by atoms with E-state index in [9.17, 15) is 4.79 Å². The number of nitrogens with one attached hydrogen (secondary N) is 1. The SMILES string of the molecule is C=N[C@H](C=O)Cc1c[nH]c2ccccc12. The van der Waals surface area contributed by atoms with Gasteiger partial charge in [0, 0.05) is 23.5 Å². The van der Waals surface area contributed by atoms with Crippen LogP contribution in [0.2, 0.25) is 0 Å². The Morgan fingerprint density at radius 3 is 3.00 bits per heavy atom. The Balaban J connectivity index is 2.35. The average Bonchev–Trinajstić information content (AvgIpc) is 2.69. The van der Waals surface area contributed by atoms with E-state index in [0.29, 0.717) is 6.42 Å². The highest BCUT2D eigenvalue weighted by molar-refractivity contribution is 5.83. The Bertz CT molecular complexity index is 479. The van der Waals surface area contributed by atoms with Gasteiger partial charge in [-0.15, -0.1) is 0 Å². The highest BCUT2D eigenvalue weighted by Gasteiger charge is 2.08. The summed E-state index contributed by atoms with van der Waals surface area (Å²) in [5.74, 6) is 0. The molecule has 76 valence electrons. The number of fused-ring (bicyclic) bond motifs is 1.